The minimum Gasteiger partial charge on any atom is -0.457 e. The van der Waals surface area contributed by atoms with Crippen molar-refractivity contribution in [1.29, 1.82) is 5.26 Å². The van der Waals surface area contributed by atoms with E-state index in [0.29, 0.717) is 27.6 Å². The number of carbonyl (C=O) groups excluding carboxylic acids is 3. The van der Waals surface area contributed by atoms with Gasteiger partial charge in [0.15, 0.2) is 23.9 Å². The van der Waals surface area contributed by atoms with E-state index >= 15 is 0 Å². The molecule has 0 spiro atoms. The summed E-state index contributed by atoms with van der Waals surface area (Å²) in [7, 11) is 0. The third-order valence-corrected chi connectivity index (χ3v) is 6.61. The van der Waals surface area contributed by atoms with Crippen LogP contribution in [0.15, 0.2) is 18.2 Å². The van der Waals surface area contributed by atoms with Crippen molar-refractivity contribution in [2.45, 2.75) is 44.9 Å². The normalized spacial score (nSPS) is 14.1. The Bertz CT molecular complexity index is 1100. The summed E-state index contributed by atoms with van der Waals surface area (Å²) in [6.07, 6.45) is 4.80. The number of aryl methyl sites for hydroxylation is 1. The third kappa shape index (κ3) is 4.92. The molecule has 9 heteroatoms. The zero-order valence-electron chi connectivity index (χ0n) is 17.4. The van der Waals surface area contributed by atoms with Crippen molar-refractivity contribution in [2.24, 2.45) is 0 Å². The first kappa shape index (κ1) is 21.8. The van der Waals surface area contributed by atoms with Gasteiger partial charge in [-0.15, -0.1) is 11.3 Å². The van der Waals surface area contributed by atoms with Crippen LogP contribution in [0.2, 0.25) is 0 Å². The molecule has 32 heavy (non-hydrogen) atoms. The molecule has 4 rings (SSSR count). The molecule has 1 N–H and O–H groups in total. The summed E-state index contributed by atoms with van der Waals surface area (Å²) in [5.41, 5.74) is 1.94. The molecule has 1 aromatic carbocycles. The van der Waals surface area contributed by atoms with Crippen molar-refractivity contribution in [2.75, 3.05) is 18.7 Å². The van der Waals surface area contributed by atoms with Gasteiger partial charge in [0.05, 0.1) is 12.0 Å². The molecule has 0 saturated heterocycles. The van der Waals surface area contributed by atoms with Crippen LogP contribution >= 0.6 is 11.3 Å². The predicted molar refractivity (Wildman–Crippen MR) is 116 cm³/mol. The molecule has 2 aromatic rings. The van der Waals surface area contributed by atoms with Gasteiger partial charge in [-0.1, -0.05) is 6.42 Å². The van der Waals surface area contributed by atoms with Gasteiger partial charge in [0, 0.05) is 16.9 Å². The Balaban J connectivity index is 1.25. The number of amides is 1. The Morgan fingerprint density at radius 3 is 2.75 bits per heavy atom. The quantitative estimate of drug-likeness (QED) is 0.385. The Hall–Kier alpha value is -3.38. The molecule has 0 radical (unpaired) electrons. The number of nitriles is 1. The number of rotatable bonds is 7. The average Bonchev–Trinajstić information content (AvgIpc) is 3.32. The van der Waals surface area contributed by atoms with Gasteiger partial charge < -0.3 is 19.5 Å². The Kier molecular flexibility index (Phi) is 6.71. The SMILES string of the molecule is N#Cc1c(NC(=O)CCC(=O)OCC(=O)c2ccc3c(c2)OCO3)sc2c1CCCCC2. The topological polar surface area (TPSA) is 115 Å². The highest BCUT2D eigenvalue weighted by molar-refractivity contribution is 7.16. The lowest BCUT2D eigenvalue weighted by Gasteiger charge is -2.06. The number of esters is 1. The fourth-order valence-electron chi connectivity index (χ4n) is 3.73. The number of nitrogens with zero attached hydrogens (tertiary/aromatic N) is 1. The van der Waals surface area contributed by atoms with Crippen molar-refractivity contribution in [3.8, 4) is 17.6 Å². The second-order valence-corrected chi connectivity index (χ2v) is 8.69. The predicted octanol–water partition coefficient (Wildman–Crippen LogP) is 3.76. The number of hydrogen-bond donors (Lipinski definition) is 1. The highest BCUT2D eigenvalue weighted by Crippen LogP contribution is 2.37. The first-order valence-electron chi connectivity index (χ1n) is 10.5. The van der Waals surface area contributed by atoms with Crippen LogP contribution < -0.4 is 14.8 Å². The van der Waals surface area contributed by atoms with Crippen LogP contribution in [0.4, 0.5) is 5.00 Å². The minimum absolute atomic E-state index is 0.0928. The number of thiophene rings is 1. The van der Waals surface area contributed by atoms with Crippen molar-refractivity contribution >= 4 is 34.0 Å². The van der Waals surface area contributed by atoms with E-state index in [9.17, 15) is 19.6 Å². The fourth-order valence-corrected chi connectivity index (χ4v) is 4.98. The number of Topliss-reactive ketones (excluding diaryl/α,β-unsaturated/α-hetero) is 1. The average molecular weight is 455 g/mol. The molecule has 1 amide bonds. The maximum atomic E-state index is 12.3. The second kappa shape index (κ2) is 9.83. The Morgan fingerprint density at radius 1 is 1.09 bits per heavy atom. The molecule has 0 saturated carbocycles. The van der Waals surface area contributed by atoms with E-state index in [1.165, 1.54) is 11.3 Å². The monoisotopic (exact) mass is 454 g/mol. The first-order chi connectivity index (χ1) is 15.5. The van der Waals surface area contributed by atoms with Gasteiger partial charge >= 0.3 is 5.97 Å². The first-order valence-corrected chi connectivity index (χ1v) is 11.3. The van der Waals surface area contributed by atoms with Crippen LogP contribution in [0.3, 0.4) is 0 Å². The minimum atomic E-state index is -0.642. The van der Waals surface area contributed by atoms with Crippen molar-refractivity contribution in [1.82, 2.24) is 0 Å². The van der Waals surface area contributed by atoms with Crippen molar-refractivity contribution in [3.63, 3.8) is 0 Å². The summed E-state index contributed by atoms with van der Waals surface area (Å²) in [6.45, 7) is -0.315. The van der Waals surface area contributed by atoms with Crippen LogP contribution in [0.1, 0.15) is 58.5 Å². The zero-order valence-corrected chi connectivity index (χ0v) is 18.2. The molecule has 1 aromatic heterocycles. The number of hydrogen-bond acceptors (Lipinski definition) is 8. The molecular weight excluding hydrogens is 432 g/mol. The molecule has 1 aliphatic heterocycles. The summed E-state index contributed by atoms with van der Waals surface area (Å²) in [5, 5.41) is 12.9. The largest absolute Gasteiger partial charge is 0.457 e. The highest BCUT2D eigenvalue weighted by Gasteiger charge is 2.22. The molecule has 2 aliphatic rings. The van der Waals surface area contributed by atoms with Crippen LogP contribution in [-0.2, 0) is 27.2 Å². The number of nitrogens with one attached hydrogen (secondary N) is 1. The lowest BCUT2D eigenvalue weighted by molar-refractivity contribution is -0.143. The number of benzene rings is 1. The fraction of sp³-hybridized carbons (Fsp3) is 0.391. The number of fused-ring (bicyclic) bond motifs is 2. The van der Waals surface area contributed by atoms with Gasteiger partial charge in [0.25, 0.3) is 0 Å². The Labute approximate surface area is 189 Å². The van der Waals surface area contributed by atoms with Gasteiger partial charge in [-0.25, -0.2) is 0 Å². The van der Waals surface area contributed by atoms with Gasteiger partial charge in [-0.3, -0.25) is 14.4 Å². The number of ether oxygens (including phenoxy) is 3. The summed E-state index contributed by atoms with van der Waals surface area (Å²) >= 11 is 1.45. The number of ketones is 1. The van der Waals surface area contributed by atoms with Crippen molar-refractivity contribution < 1.29 is 28.6 Å². The van der Waals surface area contributed by atoms with E-state index in [-0.39, 0.29) is 31.3 Å². The number of carbonyl (C=O) groups is 3. The van der Waals surface area contributed by atoms with E-state index in [2.05, 4.69) is 11.4 Å². The smallest absolute Gasteiger partial charge is 0.306 e. The van der Waals surface area contributed by atoms with Crippen LogP contribution in [-0.4, -0.2) is 31.1 Å². The summed E-state index contributed by atoms with van der Waals surface area (Å²) in [6, 6.07) is 6.96. The molecule has 0 bridgehead atoms. The van der Waals surface area contributed by atoms with Crippen LogP contribution in [0, 0.1) is 11.3 Å². The van der Waals surface area contributed by atoms with E-state index < -0.39 is 12.6 Å². The van der Waals surface area contributed by atoms with Crippen LogP contribution in [0.25, 0.3) is 0 Å². The maximum absolute atomic E-state index is 12.3. The lowest BCUT2D eigenvalue weighted by atomic mass is 10.1. The van der Waals surface area contributed by atoms with E-state index in [4.69, 9.17) is 14.2 Å². The molecule has 0 atom stereocenters. The molecular formula is C23H22N2O6S. The molecule has 166 valence electrons. The van der Waals surface area contributed by atoms with Gasteiger partial charge in [0.2, 0.25) is 12.7 Å². The zero-order chi connectivity index (χ0) is 22.5. The third-order valence-electron chi connectivity index (χ3n) is 5.40. The molecule has 8 nitrogen and oxygen atoms in total. The Morgan fingerprint density at radius 2 is 1.91 bits per heavy atom. The van der Waals surface area contributed by atoms with Gasteiger partial charge in [-0.2, -0.15) is 5.26 Å². The molecule has 2 heterocycles. The molecule has 1 aliphatic carbocycles. The van der Waals surface area contributed by atoms with E-state index in [0.717, 1.165) is 42.5 Å². The highest BCUT2D eigenvalue weighted by atomic mass is 32.1. The van der Waals surface area contributed by atoms with Crippen molar-refractivity contribution in [3.05, 3.63) is 39.8 Å². The van der Waals surface area contributed by atoms with Crippen LogP contribution in [0.5, 0.6) is 11.5 Å². The molecule has 0 unspecified atom stereocenters. The second-order valence-electron chi connectivity index (χ2n) is 7.58. The summed E-state index contributed by atoms with van der Waals surface area (Å²) in [5.74, 6) is -0.346. The van der Waals surface area contributed by atoms with E-state index in [1.54, 1.807) is 18.2 Å². The lowest BCUT2D eigenvalue weighted by Crippen LogP contribution is -2.17. The maximum Gasteiger partial charge on any atom is 0.306 e. The van der Waals surface area contributed by atoms with Gasteiger partial charge in [-0.05, 0) is 49.4 Å². The standard InChI is InChI=1S/C23H22N2O6S/c24-11-16-15-4-2-1-3-5-20(15)32-23(16)25-21(27)8-9-22(28)29-12-17(26)14-6-7-18-19(10-14)31-13-30-18/h6-7,10H,1-5,8-9,12-13H2,(H,25,27). The van der Waals surface area contributed by atoms with Gasteiger partial charge in [0.1, 0.15) is 11.1 Å². The van der Waals surface area contributed by atoms with E-state index in [1.807, 2.05) is 0 Å². The summed E-state index contributed by atoms with van der Waals surface area (Å²) in [4.78, 5) is 37.7. The summed E-state index contributed by atoms with van der Waals surface area (Å²) < 4.78 is 15.4. The molecule has 0 fully saturated rings. The number of anilines is 1.